The number of pyridine rings is 1. The maximum Gasteiger partial charge on any atom is 0.217 e. The van der Waals surface area contributed by atoms with E-state index in [9.17, 15) is 4.79 Å². The number of carbonyl (C=O) groups is 1. The molecule has 0 bridgehead atoms. The average Bonchev–Trinajstić information content (AvgIpc) is 2.28. The summed E-state index contributed by atoms with van der Waals surface area (Å²) in [7, 11) is 0. The molecule has 0 saturated heterocycles. The predicted octanol–water partition coefficient (Wildman–Crippen LogP) is 1.69. The molecule has 0 saturated carbocycles. The van der Waals surface area contributed by atoms with Crippen molar-refractivity contribution >= 4 is 11.7 Å². The van der Waals surface area contributed by atoms with Crippen LogP contribution in [0.2, 0.25) is 0 Å². The van der Waals surface area contributed by atoms with E-state index in [-0.39, 0.29) is 5.91 Å². The van der Waals surface area contributed by atoms with Crippen LogP contribution < -0.4 is 10.6 Å². The number of hydrogen-bond donors (Lipinski definition) is 2. The van der Waals surface area contributed by atoms with Crippen LogP contribution in [0.25, 0.3) is 0 Å². The summed E-state index contributed by atoms with van der Waals surface area (Å²) in [6, 6.07) is 0. The van der Waals surface area contributed by atoms with Gasteiger partial charge in [-0.1, -0.05) is 0 Å². The first-order valence-electron chi connectivity index (χ1n) is 6.07. The highest BCUT2D eigenvalue weighted by molar-refractivity contribution is 5.73. The van der Waals surface area contributed by atoms with Crippen LogP contribution in [-0.4, -0.2) is 17.4 Å². The van der Waals surface area contributed by atoms with Crippen LogP contribution in [0.5, 0.6) is 0 Å². The summed E-state index contributed by atoms with van der Waals surface area (Å²) >= 11 is 0. The molecule has 17 heavy (non-hydrogen) atoms. The first-order valence-corrected chi connectivity index (χ1v) is 6.07. The number of nitrogens with one attached hydrogen (secondary N) is 2. The van der Waals surface area contributed by atoms with Crippen molar-refractivity contribution in [1.82, 2.24) is 10.3 Å². The number of hydrogen-bond acceptors (Lipinski definition) is 3. The Morgan fingerprint density at radius 1 is 1.47 bits per heavy atom. The second kappa shape index (κ2) is 4.73. The third-order valence-corrected chi connectivity index (χ3v) is 3.32. The number of carbonyl (C=O) groups excluding carboxylic acids is 1. The summed E-state index contributed by atoms with van der Waals surface area (Å²) in [5, 5.41) is 6.19. The van der Waals surface area contributed by atoms with E-state index in [1.54, 1.807) is 0 Å². The predicted molar refractivity (Wildman–Crippen MR) is 68.0 cm³/mol. The molecule has 2 rings (SSSR count). The summed E-state index contributed by atoms with van der Waals surface area (Å²) < 4.78 is 0. The lowest BCUT2D eigenvalue weighted by Gasteiger charge is -2.22. The smallest absolute Gasteiger partial charge is 0.217 e. The van der Waals surface area contributed by atoms with Gasteiger partial charge in [0.25, 0.3) is 0 Å². The van der Waals surface area contributed by atoms with Crippen molar-refractivity contribution in [2.45, 2.75) is 40.2 Å². The first kappa shape index (κ1) is 11.9. The van der Waals surface area contributed by atoms with Gasteiger partial charge in [0, 0.05) is 25.7 Å². The molecule has 0 unspecified atom stereocenters. The Labute approximate surface area is 102 Å². The van der Waals surface area contributed by atoms with Gasteiger partial charge in [0.1, 0.15) is 5.82 Å². The lowest BCUT2D eigenvalue weighted by molar-refractivity contribution is -0.119. The van der Waals surface area contributed by atoms with Crippen LogP contribution in [0.4, 0.5) is 5.82 Å². The van der Waals surface area contributed by atoms with E-state index >= 15 is 0 Å². The minimum Gasteiger partial charge on any atom is -0.370 e. The van der Waals surface area contributed by atoms with Gasteiger partial charge in [-0.05, 0) is 43.4 Å². The van der Waals surface area contributed by atoms with Gasteiger partial charge in [-0.2, -0.15) is 0 Å². The lowest BCUT2D eigenvalue weighted by atomic mass is 9.96. The summed E-state index contributed by atoms with van der Waals surface area (Å²) in [6.45, 7) is 7.24. The third kappa shape index (κ3) is 2.40. The maximum absolute atomic E-state index is 11.0. The Hall–Kier alpha value is -1.58. The number of aromatic nitrogens is 1. The molecule has 2 N–H and O–H groups in total. The van der Waals surface area contributed by atoms with Gasteiger partial charge in [-0.15, -0.1) is 0 Å². The summed E-state index contributed by atoms with van der Waals surface area (Å²) in [4.78, 5) is 15.6. The number of amides is 1. The van der Waals surface area contributed by atoms with E-state index in [4.69, 9.17) is 0 Å². The van der Waals surface area contributed by atoms with Crippen molar-refractivity contribution in [3.8, 4) is 0 Å². The Bertz CT molecular complexity index is 454. The van der Waals surface area contributed by atoms with Gasteiger partial charge in [0.05, 0.1) is 0 Å². The van der Waals surface area contributed by atoms with Crippen LogP contribution in [0, 0.1) is 13.8 Å². The van der Waals surface area contributed by atoms with Crippen LogP contribution in [0.1, 0.15) is 35.7 Å². The molecule has 1 aliphatic heterocycles. The van der Waals surface area contributed by atoms with Crippen molar-refractivity contribution in [1.29, 1.82) is 0 Å². The molecule has 0 aromatic carbocycles. The maximum atomic E-state index is 11.0. The summed E-state index contributed by atoms with van der Waals surface area (Å²) in [6.07, 6.45) is 2.23. The molecule has 0 atom stereocenters. The Morgan fingerprint density at radius 3 is 2.94 bits per heavy atom. The molecule has 4 nitrogen and oxygen atoms in total. The van der Waals surface area contributed by atoms with E-state index in [0.29, 0.717) is 6.54 Å². The molecule has 1 aliphatic rings. The number of anilines is 1. The van der Waals surface area contributed by atoms with Gasteiger partial charge in [0.2, 0.25) is 5.91 Å². The topological polar surface area (TPSA) is 54.0 Å². The zero-order chi connectivity index (χ0) is 12.4. The molecule has 0 radical (unpaired) electrons. The fraction of sp³-hybridized carbons (Fsp3) is 0.538. The van der Waals surface area contributed by atoms with Crippen molar-refractivity contribution in [2.75, 3.05) is 11.9 Å². The highest BCUT2D eigenvalue weighted by Gasteiger charge is 2.17. The van der Waals surface area contributed by atoms with Gasteiger partial charge >= 0.3 is 0 Å². The summed E-state index contributed by atoms with van der Waals surface area (Å²) in [5.74, 6) is 1.03. The zero-order valence-corrected chi connectivity index (χ0v) is 10.7. The minimum absolute atomic E-state index is 0.000328. The summed E-state index contributed by atoms with van der Waals surface area (Å²) in [5.41, 5.74) is 4.74. The first-order chi connectivity index (χ1) is 8.09. The van der Waals surface area contributed by atoms with Crippen molar-refractivity contribution in [2.24, 2.45) is 0 Å². The number of aryl methyl sites for hydroxylation is 1. The molecule has 2 heterocycles. The fourth-order valence-electron chi connectivity index (χ4n) is 2.33. The molecule has 1 aromatic heterocycles. The van der Waals surface area contributed by atoms with Gasteiger partial charge in [0.15, 0.2) is 0 Å². The van der Waals surface area contributed by atoms with Gasteiger partial charge < -0.3 is 10.6 Å². The van der Waals surface area contributed by atoms with Crippen molar-refractivity contribution in [3.63, 3.8) is 0 Å². The molecule has 0 aliphatic carbocycles. The molecular formula is C13H19N3O. The quantitative estimate of drug-likeness (QED) is 0.817. The second-order valence-electron chi connectivity index (χ2n) is 4.57. The van der Waals surface area contributed by atoms with E-state index < -0.39 is 0 Å². The fourth-order valence-corrected chi connectivity index (χ4v) is 2.33. The lowest BCUT2D eigenvalue weighted by Crippen LogP contribution is -2.23. The van der Waals surface area contributed by atoms with Crippen LogP contribution in [0.3, 0.4) is 0 Å². The van der Waals surface area contributed by atoms with E-state index in [1.807, 2.05) is 6.92 Å². The van der Waals surface area contributed by atoms with Crippen LogP contribution in [-0.2, 0) is 17.8 Å². The molecule has 0 spiro atoms. The number of fused-ring (bicyclic) bond motifs is 1. The van der Waals surface area contributed by atoms with Gasteiger partial charge in [-0.25, -0.2) is 4.98 Å². The molecule has 4 heteroatoms. The molecule has 1 amide bonds. The average molecular weight is 233 g/mol. The molecule has 92 valence electrons. The minimum atomic E-state index is -0.000328. The highest BCUT2D eigenvalue weighted by atomic mass is 16.1. The zero-order valence-electron chi connectivity index (χ0n) is 10.7. The van der Waals surface area contributed by atoms with Crippen molar-refractivity contribution in [3.05, 3.63) is 22.4 Å². The number of rotatable bonds is 2. The standard InChI is InChI=1S/C13H19N3O/c1-8-11-5-4-6-14-13(11)16-9(2)12(8)7-15-10(3)17/h4-7H2,1-3H3,(H,14,16)(H,15,17). The normalized spacial score (nSPS) is 13.8. The third-order valence-electron chi connectivity index (χ3n) is 3.32. The van der Waals surface area contributed by atoms with Crippen LogP contribution >= 0.6 is 0 Å². The van der Waals surface area contributed by atoms with Gasteiger partial charge in [-0.3, -0.25) is 4.79 Å². The van der Waals surface area contributed by atoms with E-state index in [0.717, 1.165) is 36.5 Å². The largest absolute Gasteiger partial charge is 0.370 e. The van der Waals surface area contributed by atoms with E-state index in [2.05, 4.69) is 22.5 Å². The number of nitrogens with zero attached hydrogens (tertiary/aromatic N) is 1. The van der Waals surface area contributed by atoms with Crippen molar-refractivity contribution < 1.29 is 4.79 Å². The van der Waals surface area contributed by atoms with Crippen LogP contribution in [0.15, 0.2) is 0 Å². The SMILES string of the molecule is CC(=O)NCc1c(C)nc2c(c1C)CCCN2. The van der Waals surface area contributed by atoms with E-state index in [1.165, 1.54) is 18.1 Å². The Morgan fingerprint density at radius 2 is 2.24 bits per heavy atom. The molecular weight excluding hydrogens is 214 g/mol. The molecule has 0 fully saturated rings. The second-order valence-corrected chi connectivity index (χ2v) is 4.57. The monoisotopic (exact) mass is 233 g/mol. The Balaban J connectivity index is 2.35. The Kier molecular flexibility index (Phi) is 3.31. The molecule has 1 aromatic rings. The highest BCUT2D eigenvalue weighted by Crippen LogP contribution is 2.27.